The third-order valence-corrected chi connectivity index (χ3v) is 18.1. The van der Waals surface area contributed by atoms with Crippen molar-refractivity contribution in [3.63, 3.8) is 0 Å². The van der Waals surface area contributed by atoms with Crippen molar-refractivity contribution in [1.29, 1.82) is 0 Å². The fourth-order valence-corrected chi connectivity index (χ4v) is 13.6. The molecule has 0 radical (unpaired) electrons. The monoisotopic (exact) mass is 1150 g/mol. The Bertz CT molecular complexity index is 5390. The highest BCUT2D eigenvalue weighted by molar-refractivity contribution is 6.99. The van der Waals surface area contributed by atoms with Gasteiger partial charge in [-0.2, -0.15) is 0 Å². The number of hydrogen-bond acceptors (Lipinski definition) is 2. The zero-order valence-electron chi connectivity index (χ0n) is 65.8. The summed E-state index contributed by atoms with van der Waals surface area (Å²) in [6.45, 7) is 19.1. The third-order valence-electron chi connectivity index (χ3n) is 18.1. The van der Waals surface area contributed by atoms with E-state index in [0.717, 1.165) is 72.1 Å². The van der Waals surface area contributed by atoms with E-state index in [1.54, 1.807) is 18.2 Å². The van der Waals surface area contributed by atoms with Crippen molar-refractivity contribution in [3.8, 4) is 78.3 Å². The standard InChI is InChI=1S/C85H72BNO/c1-82(2,3)64-46-60(47-65(52-64)83(4,5)6)58-42-45-74-77(50-58)88-78-51-61(55-28-15-10-16-29-55)49-76-80(78)86(74)73-44-43-59(48-75(73)87(76)81-70(56-30-17-11-18-31-56)53-66(84(7,8)9)54-71(81)57-32-19-12-20-33-57)67-39-27-40-69-68-38-25-26-41-72(68)85(79(67)69,62-34-21-13-22-35-62)63-36-23-14-24-37-63/h10-54H,1-9H3/i10D,13D,14D,15D,16D,21D,22D,23D,24D,28D,29D,34D,35D,36D,37D. The highest BCUT2D eigenvalue weighted by atomic mass is 16.5. The Kier molecular flexibility index (Phi) is 9.58. The molecule has 0 unspecified atom stereocenters. The maximum Gasteiger partial charge on any atom is 0.256 e. The van der Waals surface area contributed by atoms with Crippen LogP contribution in [0.2, 0.25) is 0 Å². The smallest absolute Gasteiger partial charge is 0.256 e. The Labute approximate surface area is 542 Å². The van der Waals surface area contributed by atoms with Gasteiger partial charge in [-0.25, -0.2) is 0 Å². The van der Waals surface area contributed by atoms with Crippen LogP contribution in [-0.4, -0.2) is 6.71 Å². The zero-order valence-corrected chi connectivity index (χ0v) is 50.8. The topological polar surface area (TPSA) is 12.5 Å². The van der Waals surface area contributed by atoms with Crippen molar-refractivity contribution < 1.29 is 25.3 Å². The lowest BCUT2D eigenvalue weighted by atomic mass is 9.34. The quantitative estimate of drug-likeness (QED) is 0.141. The van der Waals surface area contributed by atoms with Crippen molar-refractivity contribution in [1.82, 2.24) is 0 Å². The van der Waals surface area contributed by atoms with Gasteiger partial charge in [-0.3, -0.25) is 0 Å². The molecule has 3 heteroatoms. The van der Waals surface area contributed by atoms with Crippen LogP contribution >= 0.6 is 0 Å². The van der Waals surface area contributed by atoms with Crippen molar-refractivity contribution >= 4 is 40.2 Å². The molecule has 3 aliphatic rings. The Hall–Kier alpha value is -9.70. The van der Waals surface area contributed by atoms with Crippen LogP contribution in [0.5, 0.6) is 11.5 Å². The fourth-order valence-electron chi connectivity index (χ4n) is 13.6. The highest BCUT2D eigenvalue weighted by Gasteiger charge is 2.49. The van der Waals surface area contributed by atoms with Gasteiger partial charge in [-0.05, 0) is 164 Å². The number of hydrogen-bond donors (Lipinski definition) is 0. The van der Waals surface area contributed by atoms with Crippen LogP contribution in [0.1, 0.15) is 122 Å². The van der Waals surface area contributed by atoms with Gasteiger partial charge < -0.3 is 9.64 Å². The first-order valence-corrected chi connectivity index (χ1v) is 30.1. The van der Waals surface area contributed by atoms with Crippen LogP contribution in [0.3, 0.4) is 0 Å². The Morgan fingerprint density at radius 3 is 1.45 bits per heavy atom. The van der Waals surface area contributed by atoms with Gasteiger partial charge in [0.2, 0.25) is 0 Å². The normalized spacial score (nSPS) is 16.0. The van der Waals surface area contributed by atoms with E-state index in [1.807, 2.05) is 78.9 Å². The summed E-state index contributed by atoms with van der Waals surface area (Å²) in [5.74, 6) is 0.924. The van der Waals surface area contributed by atoms with Crippen LogP contribution in [0, 0.1) is 0 Å². The first kappa shape index (κ1) is 40.6. The highest BCUT2D eigenvalue weighted by Crippen LogP contribution is 2.60. The van der Waals surface area contributed by atoms with Gasteiger partial charge in [0.15, 0.2) is 0 Å². The van der Waals surface area contributed by atoms with Crippen LogP contribution in [0.4, 0.5) is 17.1 Å². The Morgan fingerprint density at radius 2 is 0.852 bits per heavy atom. The molecule has 1 aliphatic carbocycles. The lowest BCUT2D eigenvalue weighted by Gasteiger charge is -2.42. The average Bonchev–Trinajstić information content (AvgIpc) is 1.59. The molecule has 0 spiro atoms. The SMILES string of the molecule is [2H]c1c([2H])c([2H])c(-c2cc3c4c(c2)N(c2c(-c5ccccc5)cc(C(C)(C)C)cc2-c2ccccc2)c2cc(-c5cccc6c5C(c5c([2H])c([2H])c([2H])c([2H])c5[2H])(c5c([2H])c([2H])c([2H])c([2H])c5[2H])c5ccccc5-6)ccc2B4c2ccc(-c4cc(C(C)(C)C)cc(C(C)(C)C)c4)cc2O3)c([2H])c1[2H]. The summed E-state index contributed by atoms with van der Waals surface area (Å²) in [5.41, 5.74) is 12.3. The molecular weight excluding hydrogens is 1060 g/mol. The van der Waals surface area contributed by atoms with Gasteiger partial charge in [0.1, 0.15) is 11.5 Å². The van der Waals surface area contributed by atoms with E-state index < -0.39 is 108 Å². The second kappa shape index (κ2) is 20.7. The van der Waals surface area contributed by atoms with Crippen molar-refractivity contribution in [2.75, 3.05) is 4.90 Å². The molecule has 2 aliphatic heterocycles. The lowest BCUT2D eigenvalue weighted by molar-refractivity contribution is 0.488. The number of ether oxygens (including phenoxy) is 1. The first-order chi connectivity index (χ1) is 48.7. The van der Waals surface area contributed by atoms with E-state index in [9.17, 15) is 13.7 Å². The molecule has 0 atom stereocenters. The van der Waals surface area contributed by atoms with Crippen molar-refractivity contribution in [3.05, 3.63) is 312 Å². The predicted octanol–water partition coefficient (Wildman–Crippen LogP) is 20.7. The maximum atomic E-state index is 9.97. The molecule has 15 rings (SSSR count). The van der Waals surface area contributed by atoms with Crippen LogP contribution < -0.4 is 26.0 Å². The molecular formula is C85H72BNO. The summed E-state index contributed by atoms with van der Waals surface area (Å²) in [6, 6.07) is 51.5. The summed E-state index contributed by atoms with van der Waals surface area (Å²) in [6.07, 6.45) is 0. The largest absolute Gasteiger partial charge is 0.458 e. The van der Waals surface area contributed by atoms with E-state index in [0.29, 0.717) is 56.3 Å². The van der Waals surface area contributed by atoms with Crippen LogP contribution in [0.15, 0.2) is 273 Å². The fraction of sp³-hybridized carbons (Fsp3) is 0.153. The number of anilines is 3. The molecule has 0 saturated heterocycles. The summed E-state index contributed by atoms with van der Waals surface area (Å²) >= 11 is 0. The summed E-state index contributed by atoms with van der Waals surface area (Å²) in [4.78, 5) is 2.20. The molecule has 88 heavy (non-hydrogen) atoms. The number of rotatable bonds is 8. The molecule has 0 amide bonds. The summed E-state index contributed by atoms with van der Waals surface area (Å²) in [7, 11) is 0. The van der Waals surface area contributed by atoms with Crippen molar-refractivity contribution in [2.45, 2.75) is 84.0 Å². The minimum atomic E-state index is -2.19. The zero-order chi connectivity index (χ0) is 73.3. The minimum absolute atomic E-state index is 0.0383. The number of fused-ring (bicyclic) bond motifs is 7. The molecule has 2 nitrogen and oxygen atoms in total. The maximum absolute atomic E-state index is 9.97. The Morgan fingerprint density at radius 1 is 0.364 bits per heavy atom. The molecule has 0 N–H and O–H groups in total. The Balaban J connectivity index is 1.12. The van der Waals surface area contributed by atoms with Gasteiger partial charge in [-0.15, -0.1) is 0 Å². The molecule has 2 heterocycles. The molecule has 12 aromatic rings. The minimum Gasteiger partial charge on any atom is -0.458 e. The molecule has 0 saturated carbocycles. The molecule has 426 valence electrons. The second-order valence-corrected chi connectivity index (χ2v) is 26.5. The number of nitrogens with zero attached hydrogens (tertiary/aromatic N) is 1. The van der Waals surface area contributed by atoms with E-state index in [-0.39, 0.29) is 33.1 Å². The lowest BCUT2D eigenvalue weighted by Crippen LogP contribution is -2.59. The van der Waals surface area contributed by atoms with Crippen LogP contribution in [-0.2, 0) is 21.7 Å². The molecule has 12 aromatic carbocycles. The number of benzene rings is 12. The molecule has 0 fully saturated rings. The van der Waals surface area contributed by atoms with E-state index in [2.05, 4.69) is 152 Å². The first-order valence-electron chi connectivity index (χ1n) is 37.6. The van der Waals surface area contributed by atoms with Gasteiger partial charge >= 0.3 is 0 Å². The predicted molar refractivity (Wildman–Crippen MR) is 373 cm³/mol. The van der Waals surface area contributed by atoms with E-state index in [4.69, 9.17) is 11.6 Å². The third kappa shape index (κ3) is 9.00. The van der Waals surface area contributed by atoms with Gasteiger partial charge in [0.05, 0.1) is 31.7 Å². The second-order valence-electron chi connectivity index (χ2n) is 26.5. The van der Waals surface area contributed by atoms with Gasteiger partial charge in [0, 0.05) is 22.5 Å². The van der Waals surface area contributed by atoms with Crippen LogP contribution in [0.25, 0.3) is 66.8 Å². The van der Waals surface area contributed by atoms with E-state index in [1.165, 1.54) is 0 Å². The average molecular weight is 1150 g/mol. The van der Waals surface area contributed by atoms with E-state index >= 15 is 0 Å². The van der Waals surface area contributed by atoms with Gasteiger partial charge in [0.25, 0.3) is 6.71 Å². The molecule has 0 bridgehead atoms. The van der Waals surface area contributed by atoms with Gasteiger partial charge in [-0.1, -0.05) is 299 Å². The van der Waals surface area contributed by atoms with Crippen molar-refractivity contribution in [2.24, 2.45) is 0 Å². The summed E-state index contributed by atoms with van der Waals surface area (Å²) < 4.78 is 149. The molecule has 0 aromatic heterocycles. The summed E-state index contributed by atoms with van der Waals surface area (Å²) in [5, 5.41) is 0.